The van der Waals surface area contributed by atoms with Gasteiger partial charge < -0.3 is 15.6 Å². The van der Waals surface area contributed by atoms with Crippen molar-refractivity contribution in [3.8, 4) is 0 Å². The topological polar surface area (TPSA) is 77.0 Å². The van der Waals surface area contributed by atoms with E-state index < -0.39 is 5.67 Å². The van der Waals surface area contributed by atoms with Gasteiger partial charge in [-0.3, -0.25) is 0 Å². The van der Waals surface area contributed by atoms with Crippen LogP contribution < -0.4 is 11.1 Å². The third-order valence-electron chi connectivity index (χ3n) is 2.14. The van der Waals surface area contributed by atoms with Gasteiger partial charge in [0.05, 0.1) is 6.54 Å². The molecule has 1 atom stereocenters. The molecule has 1 aliphatic rings. The Bertz CT molecular complexity index is 294. The summed E-state index contributed by atoms with van der Waals surface area (Å²) in [5.74, 6) is 0.386. The standard InChI is InChI=1S/C7H11FN4O/c8-7(1-2-10-4-7)6-11-5(3-9)12-13-6/h10H,1-4,9H2. The van der Waals surface area contributed by atoms with E-state index in [2.05, 4.69) is 15.5 Å². The summed E-state index contributed by atoms with van der Waals surface area (Å²) in [7, 11) is 0. The van der Waals surface area contributed by atoms with Gasteiger partial charge in [-0.1, -0.05) is 5.16 Å². The third-order valence-corrected chi connectivity index (χ3v) is 2.14. The summed E-state index contributed by atoms with van der Waals surface area (Å²) in [6, 6.07) is 0. The van der Waals surface area contributed by atoms with Crippen LogP contribution in [-0.2, 0) is 12.2 Å². The highest BCUT2D eigenvalue weighted by atomic mass is 19.1. The van der Waals surface area contributed by atoms with Gasteiger partial charge in [0.1, 0.15) is 0 Å². The predicted octanol–water partition coefficient (Wildman–Crippen LogP) is -0.314. The van der Waals surface area contributed by atoms with Crippen molar-refractivity contribution in [2.45, 2.75) is 18.6 Å². The fraction of sp³-hybridized carbons (Fsp3) is 0.714. The normalized spacial score (nSPS) is 28.2. The minimum Gasteiger partial charge on any atom is -0.336 e. The molecule has 2 heterocycles. The molecule has 6 heteroatoms. The molecule has 0 bridgehead atoms. The number of alkyl halides is 1. The molecule has 72 valence electrons. The summed E-state index contributed by atoms with van der Waals surface area (Å²) >= 11 is 0. The third kappa shape index (κ3) is 1.42. The van der Waals surface area contributed by atoms with Gasteiger partial charge in [0.2, 0.25) is 5.67 Å². The van der Waals surface area contributed by atoms with Crippen molar-refractivity contribution in [2.75, 3.05) is 13.1 Å². The fourth-order valence-electron chi connectivity index (χ4n) is 1.36. The molecule has 1 aliphatic heterocycles. The summed E-state index contributed by atoms with van der Waals surface area (Å²) in [5, 5.41) is 6.45. The van der Waals surface area contributed by atoms with E-state index in [1.807, 2.05) is 0 Å². The number of nitrogens with zero attached hydrogens (tertiary/aromatic N) is 2. The zero-order chi connectivity index (χ0) is 9.31. The van der Waals surface area contributed by atoms with Crippen molar-refractivity contribution in [3.63, 3.8) is 0 Å². The molecule has 2 rings (SSSR count). The van der Waals surface area contributed by atoms with E-state index in [-0.39, 0.29) is 19.0 Å². The summed E-state index contributed by atoms with van der Waals surface area (Å²) in [4.78, 5) is 3.86. The molecular weight excluding hydrogens is 175 g/mol. The average molecular weight is 186 g/mol. The van der Waals surface area contributed by atoms with Crippen LogP contribution in [-0.4, -0.2) is 23.2 Å². The van der Waals surface area contributed by atoms with Gasteiger partial charge in [0.15, 0.2) is 5.82 Å². The maximum absolute atomic E-state index is 13.9. The molecule has 13 heavy (non-hydrogen) atoms. The monoisotopic (exact) mass is 186 g/mol. The van der Waals surface area contributed by atoms with Crippen molar-refractivity contribution in [1.29, 1.82) is 0 Å². The predicted molar refractivity (Wildman–Crippen MR) is 42.5 cm³/mol. The van der Waals surface area contributed by atoms with Crippen molar-refractivity contribution in [1.82, 2.24) is 15.5 Å². The number of nitrogens with two attached hydrogens (primary N) is 1. The molecule has 3 N–H and O–H groups in total. The van der Waals surface area contributed by atoms with Crippen molar-refractivity contribution in [3.05, 3.63) is 11.7 Å². The van der Waals surface area contributed by atoms with Gasteiger partial charge >= 0.3 is 0 Å². The van der Waals surface area contributed by atoms with E-state index in [9.17, 15) is 4.39 Å². The van der Waals surface area contributed by atoms with Crippen LogP contribution in [0.15, 0.2) is 4.52 Å². The molecule has 1 aromatic rings. The first-order valence-electron chi connectivity index (χ1n) is 4.17. The van der Waals surface area contributed by atoms with Crippen molar-refractivity contribution in [2.24, 2.45) is 5.73 Å². The molecule has 1 aromatic heterocycles. The molecule has 0 spiro atoms. The van der Waals surface area contributed by atoms with Crippen LogP contribution in [0.4, 0.5) is 4.39 Å². The second-order valence-electron chi connectivity index (χ2n) is 3.11. The lowest BCUT2D eigenvalue weighted by molar-refractivity contribution is 0.133. The van der Waals surface area contributed by atoms with E-state index in [0.717, 1.165) is 0 Å². The number of hydrogen-bond acceptors (Lipinski definition) is 5. The van der Waals surface area contributed by atoms with Gasteiger partial charge in [-0.15, -0.1) is 0 Å². The quantitative estimate of drug-likeness (QED) is 0.662. The Kier molecular flexibility index (Phi) is 2.01. The first kappa shape index (κ1) is 8.58. The zero-order valence-electron chi connectivity index (χ0n) is 7.09. The van der Waals surface area contributed by atoms with Gasteiger partial charge in [-0.25, -0.2) is 4.39 Å². The minimum absolute atomic E-state index is 0.0398. The van der Waals surface area contributed by atoms with Gasteiger partial charge in [0, 0.05) is 13.0 Å². The van der Waals surface area contributed by atoms with Crippen LogP contribution in [0.5, 0.6) is 0 Å². The lowest BCUT2D eigenvalue weighted by Crippen LogP contribution is -2.23. The average Bonchev–Trinajstić information content (AvgIpc) is 2.72. The smallest absolute Gasteiger partial charge is 0.265 e. The second kappa shape index (κ2) is 3.04. The number of aromatic nitrogens is 2. The highest BCUT2D eigenvalue weighted by Gasteiger charge is 2.41. The summed E-state index contributed by atoms with van der Waals surface area (Å²) in [6.45, 7) is 1.04. The van der Waals surface area contributed by atoms with E-state index in [1.165, 1.54) is 0 Å². The van der Waals surface area contributed by atoms with Crippen LogP contribution in [0.25, 0.3) is 0 Å². The Morgan fingerprint density at radius 3 is 3.08 bits per heavy atom. The maximum atomic E-state index is 13.9. The molecule has 0 amide bonds. The van der Waals surface area contributed by atoms with Crippen LogP contribution in [0, 0.1) is 0 Å². The Morgan fingerprint density at radius 2 is 2.54 bits per heavy atom. The van der Waals surface area contributed by atoms with E-state index in [4.69, 9.17) is 10.3 Å². The summed E-state index contributed by atoms with van der Waals surface area (Å²) in [5.41, 5.74) is 3.78. The van der Waals surface area contributed by atoms with Crippen LogP contribution in [0.1, 0.15) is 18.1 Å². The van der Waals surface area contributed by atoms with Gasteiger partial charge in [-0.05, 0) is 6.54 Å². The van der Waals surface area contributed by atoms with Crippen molar-refractivity contribution < 1.29 is 8.91 Å². The van der Waals surface area contributed by atoms with Crippen molar-refractivity contribution >= 4 is 0 Å². The highest BCUT2D eigenvalue weighted by molar-refractivity contribution is 5.03. The molecule has 1 saturated heterocycles. The zero-order valence-corrected chi connectivity index (χ0v) is 7.09. The number of halogens is 1. The Morgan fingerprint density at radius 1 is 1.69 bits per heavy atom. The lowest BCUT2D eigenvalue weighted by atomic mass is 10.1. The molecule has 1 fully saturated rings. The highest BCUT2D eigenvalue weighted by Crippen LogP contribution is 2.30. The van der Waals surface area contributed by atoms with Gasteiger partial charge in [-0.2, -0.15) is 4.98 Å². The Hall–Kier alpha value is -1.01. The maximum Gasteiger partial charge on any atom is 0.265 e. The van der Waals surface area contributed by atoms with Crippen LogP contribution in [0.2, 0.25) is 0 Å². The first-order valence-corrected chi connectivity index (χ1v) is 4.17. The van der Waals surface area contributed by atoms with Crippen LogP contribution >= 0.6 is 0 Å². The number of hydrogen-bond donors (Lipinski definition) is 2. The Balaban J connectivity index is 2.23. The summed E-state index contributed by atoms with van der Waals surface area (Å²) < 4.78 is 18.7. The van der Waals surface area contributed by atoms with Gasteiger partial charge in [0.25, 0.3) is 5.89 Å². The van der Waals surface area contributed by atoms with Crippen LogP contribution in [0.3, 0.4) is 0 Å². The molecule has 5 nitrogen and oxygen atoms in total. The number of nitrogens with one attached hydrogen (secondary N) is 1. The second-order valence-corrected chi connectivity index (χ2v) is 3.11. The first-order chi connectivity index (χ1) is 6.24. The molecule has 0 aliphatic carbocycles. The molecule has 0 saturated carbocycles. The Labute approximate surface area is 74.5 Å². The summed E-state index contributed by atoms with van der Waals surface area (Å²) in [6.07, 6.45) is 0.374. The van der Waals surface area contributed by atoms with E-state index in [1.54, 1.807) is 0 Å². The lowest BCUT2D eigenvalue weighted by Gasteiger charge is -2.10. The fourth-order valence-corrected chi connectivity index (χ4v) is 1.36. The minimum atomic E-state index is -1.50. The van der Waals surface area contributed by atoms with E-state index >= 15 is 0 Å². The molecule has 1 unspecified atom stereocenters. The SMILES string of the molecule is NCc1noc(C2(F)CCNC2)n1. The molecule has 0 radical (unpaired) electrons. The molecular formula is C7H11FN4O. The van der Waals surface area contributed by atoms with E-state index in [0.29, 0.717) is 18.8 Å². The molecule has 0 aromatic carbocycles. The largest absolute Gasteiger partial charge is 0.336 e. The number of rotatable bonds is 2.